The molecule has 1 aliphatic rings. The number of hydrogen-bond acceptors (Lipinski definition) is 5. The number of fused-ring (bicyclic) bond motifs is 1. The first-order chi connectivity index (χ1) is 19.5. The molecule has 0 bridgehead atoms. The third-order valence-corrected chi connectivity index (χ3v) is 6.59. The van der Waals surface area contributed by atoms with E-state index in [2.05, 4.69) is 157 Å². The number of hydrogen-bond donors (Lipinski definition) is 2. The number of rotatable bonds is 5. The van der Waals surface area contributed by atoms with E-state index in [0.29, 0.717) is 0 Å². The predicted molar refractivity (Wildman–Crippen MR) is 168 cm³/mol. The fourth-order valence-corrected chi connectivity index (χ4v) is 4.63. The van der Waals surface area contributed by atoms with Crippen LogP contribution < -0.4 is 19.9 Å². The maximum absolute atomic E-state index is 8.85. The molecule has 0 atom stereocenters. The largest absolute Gasteiger partial charge is 0.736 e. The average Bonchev–Trinajstić information content (AvgIpc) is 2.94. The van der Waals surface area contributed by atoms with Gasteiger partial charge in [-0.2, -0.15) is 0 Å². The summed E-state index contributed by atoms with van der Waals surface area (Å²) in [7, 11) is 3.88. The number of nitrogens with zero attached hydrogens (tertiary/aromatic N) is 2. The van der Waals surface area contributed by atoms with E-state index in [-0.39, 0.29) is 0 Å². The lowest BCUT2D eigenvalue weighted by Gasteiger charge is -2.21. The van der Waals surface area contributed by atoms with Gasteiger partial charge < -0.3 is 14.4 Å². The summed E-state index contributed by atoms with van der Waals surface area (Å²) >= 11 is 0. The maximum Gasteiger partial charge on any atom is 0.211 e. The number of nitrogens with one attached hydrogen (secondary N) is 1. The fraction of sp³-hybridized carbons (Fsp3) is 0.121. The molecule has 7 nitrogen and oxygen atoms in total. The second-order valence-electron chi connectivity index (χ2n) is 9.95. The highest BCUT2D eigenvalue weighted by Gasteiger charge is 2.23. The second-order valence-corrected chi connectivity index (χ2v) is 10.9. The van der Waals surface area contributed by atoms with E-state index in [4.69, 9.17) is 13.0 Å². The molecule has 0 aromatic heterocycles. The summed E-state index contributed by atoms with van der Waals surface area (Å²) in [4.78, 5) is 7.88. The second kappa shape index (κ2) is 12.8. The van der Waals surface area contributed by atoms with Crippen LogP contribution in [0.25, 0.3) is 11.1 Å². The van der Waals surface area contributed by atoms with Crippen LogP contribution in [0.2, 0.25) is 0 Å². The standard InChI is InChI=1S/C33H31N3.H3NO3S/c1-35(2)27-18-14-24(15-19-27)33(25-16-20-28(21-17-25)36(3)4)31-22-23-32(30-13-9-8-12-29(30)31)34-26-10-6-5-7-11-26;1-5(2,3)4/h5-23H,1-4H3;(H3,1,2,3,4). The van der Waals surface area contributed by atoms with Crippen LogP contribution >= 0.6 is 0 Å². The molecule has 4 aromatic carbocycles. The first-order valence-corrected chi connectivity index (χ1v) is 14.5. The Morgan fingerprint density at radius 3 is 1.56 bits per heavy atom. The topological polar surface area (TPSA) is 104 Å². The summed E-state index contributed by atoms with van der Waals surface area (Å²) in [5.41, 5.74) is 11.8. The van der Waals surface area contributed by atoms with E-state index in [0.717, 1.165) is 11.4 Å². The van der Waals surface area contributed by atoms with Gasteiger partial charge in [-0.15, -0.1) is 0 Å². The molecule has 0 unspecified atom stereocenters. The zero-order valence-corrected chi connectivity index (χ0v) is 24.4. The Bertz CT molecular complexity index is 1630. The van der Waals surface area contributed by atoms with Crippen molar-refractivity contribution in [3.8, 4) is 0 Å². The van der Waals surface area contributed by atoms with Gasteiger partial charge in [0.2, 0.25) is 11.4 Å². The summed E-state index contributed by atoms with van der Waals surface area (Å²) < 4.78 is 26.6. The molecule has 3 N–H and O–H groups in total. The van der Waals surface area contributed by atoms with Gasteiger partial charge in [0.25, 0.3) is 0 Å². The number of para-hydroxylation sites is 1. The van der Waals surface area contributed by atoms with Gasteiger partial charge in [-0.3, -0.25) is 0 Å². The van der Waals surface area contributed by atoms with Crippen LogP contribution in [-0.2, 0) is 10.3 Å². The lowest BCUT2D eigenvalue weighted by molar-refractivity contribution is -0.351. The normalized spacial score (nSPS) is 13.2. The molecular formula is C33H34N4O3S. The molecule has 0 radical (unpaired) electrons. The van der Waals surface area contributed by atoms with E-state index in [1.807, 2.05) is 6.07 Å². The van der Waals surface area contributed by atoms with Crippen molar-refractivity contribution >= 4 is 44.2 Å². The summed E-state index contributed by atoms with van der Waals surface area (Å²) in [6, 6.07) is 36.7. The minimum absolute atomic E-state index is 1.08. The Morgan fingerprint density at radius 2 is 1.10 bits per heavy atom. The van der Waals surface area contributed by atoms with E-state index in [9.17, 15) is 0 Å². The van der Waals surface area contributed by atoms with Crippen LogP contribution in [0.15, 0.2) is 115 Å². The quantitative estimate of drug-likeness (QED) is 0.356. The van der Waals surface area contributed by atoms with Gasteiger partial charge in [-0.25, -0.2) is 18.5 Å². The molecule has 0 aliphatic heterocycles. The SMILES string of the molecule is CN(C)c1ccc(C(=C2C=CC(=[NH+]c3ccccc3)c3ccccc32)c2ccc(N(C)C)cc2)cc1.NS(=O)(=O)[O-]. The molecule has 1 aliphatic carbocycles. The van der Waals surface area contributed by atoms with Gasteiger partial charge in [0.1, 0.15) is 0 Å². The van der Waals surface area contributed by atoms with E-state index in [1.165, 1.54) is 44.8 Å². The van der Waals surface area contributed by atoms with Gasteiger partial charge >= 0.3 is 0 Å². The molecular weight excluding hydrogens is 532 g/mol. The smallest absolute Gasteiger partial charge is 0.211 e. The van der Waals surface area contributed by atoms with E-state index in [1.54, 1.807) is 0 Å². The average molecular weight is 567 g/mol. The molecule has 8 heteroatoms. The third-order valence-electron chi connectivity index (χ3n) is 6.59. The van der Waals surface area contributed by atoms with Gasteiger partial charge in [0.15, 0.2) is 10.3 Å². The Kier molecular flexibility index (Phi) is 9.19. The van der Waals surface area contributed by atoms with E-state index < -0.39 is 10.3 Å². The fourth-order valence-electron chi connectivity index (χ4n) is 4.63. The van der Waals surface area contributed by atoms with Crippen molar-refractivity contribution in [2.24, 2.45) is 5.14 Å². The third kappa shape index (κ3) is 7.79. The number of anilines is 2. The highest BCUT2D eigenvalue weighted by molar-refractivity contribution is 7.83. The zero-order valence-electron chi connectivity index (χ0n) is 23.6. The molecule has 210 valence electrons. The lowest BCUT2D eigenvalue weighted by Crippen LogP contribution is -2.66. The Labute approximate surface area is 242 Å². The van der Waals surface area contributed by atoms with Crippen LogP contribution in [0.4, 0.5) is 17.1 Å². The minimum atomic E-state index is -4.42. The van der Waals surface area contributed by atoms with Gasteiger partial charge in [0, 0.05) is 57.8 Å². The Balaban J connectivity index is 0.000000714. The summed E-state index contributed by atoms with van der Waals surface area (Å²) in [5, 5.41) is 3.77. The van der Waals surface area contributed by atoms with Crippen molar-refractivity contribution in [1.82, 2.24) is 0 Å². The predicted octanol–water partition coefficient (Wildman–Crippen LogP) is 3.95. The van der Waals surface area contributed by atoms with Crippen molar-refractivity contribution in [3.63, 3.8) is 0 Å². The summed E-state index contributed by atoms with van der Waals surface area (Å²) in [5.74, 6) is 0. The van der Waals surface area contributed by atoms with Crippen LogP contribution in [0.3, 0.4) is 0 Å². The first kappa shape index (κ1) is 29.5. The monoisotopic (exact) mass is 566 g/mol. The number of allylic oxidation sites excluding steroid dienone is 3. The number of benzene rings is 4. The molecule has 0 fully saturated rings. The van der Waals surface area contributed by atoms with Crippen molar-refractivity contribution in [2.45, 2.75) is 0 Å². The van der Waals surface area contributed by atoms with Gasteiger partial charge in [0.05, 0.1) is 5.56 Å². The molecule has 0 saturated heterocycles. The molecule has 5 rings (SSSR count). The Hall–Kier alpha value is -4.50. The van der Waals surface area contributed by atoms with Crippen molar-refractivity contribution in [2.75, 3.05) is 38.0 Å². The van der Waals surface area contributed by atoms with Crippen molar-refractivity contribution in [1.29, 1.82) is 0 Å². The maximum atomic E-state index is 8.85. The van der Waals surface area contributed by atoms with Gasteiger partial charge in [-0.1, -0.05) is 60.7 Å². The summed E-state index contributed by atoms with van der Waals surface area (Å²) in [6.45, 7) is 0. The minimum Gasteiger partial charge on any atom is -0.736 e. The molecule has 0 spiro atoms. The zero-order chi connectivity index (χ0) is 29.6. The van der Waals surface area contributed by atoms with Crippen molar-refractivity contribution < 1.29 is 18.0 Å². The highest BCUT2D eigenvalue weighted by atomic mass is 32.2. The highest BCUT2D eigenvalue weighted by Crippen LogP contribution is 2.37. The molecule has 0 heterocycles. The number of nitrogens with two attached hydrogens (primary N) is 1. The molecule has 4 aromatic rings. The molecule has 0 amide bonds. The van der Waals surface area contributed by atoms with Crippen LogP contribution in [0.1, 0.15) is 22.3 Å². The van der Waals surface area contributed by atoms with Crippen molar-refractivity contribution in [3.05, 3.63) is 138 Å². The molecule has 0 saturated carbocycles. The van der Waals surface area contributed by atoms with E-state index >= 15 is 0 Å². The lowest BCUT2D eigenvalue weighted by atomic mass is 9.83. The summed E-state index contributed by atoms with van der Waals surface area (Å²) in [6.07, 6.45) is 4.45. The molecule has 41 heavy (non-hydrogen) atoms. The van der Waals surface area contributed by atoms with Gasteiger partial charge in [-0.05, 0) is 64.2 Å². The Morgan fingerprint density at radius 1 is 0.659 bits per heavy atom. The van der Waals surface area contributed by atoms with Crippen LogP contribution in [-0.4, -0.2) is 46.9 Å². The van der Waals surface area contributed by atoms with Crippen LogP contribution in [0.5, 0.6) is 0 Å². The first-order valence-electron chi connectivity index (χ1n) is 13.0. The van der Waals surface area contributed by atoms with Crippen LogP contribution in [0, 0.1) is 0 Å².